The summed E-state index contributed by atoms with van der Waals surface area (Å²) < 4.78 is 13.7. The lowest BCUT2D eigenvalue weighted by atomic mass is 9.98. The van der Waals surface area contributed by atoms with Crippen LogP contribution in [0.3, 0.4) is 0 Å². The van der Waals surface area contributed by atoms with Gasteiger partial charge < -0.3 is 14.2 Å². The van der Waals surface area contributed by atoms with Crippen LogP contribution in [-0.4, -0.2) is 62.0 Å². The molecule has 1 aromatic rings. The number of imide groups is 1. The van der Waals surface area contributed by atoms with Gasteiger partial charge in [-0.25, -0.2) is 4.79 Å². The maximum Gasteiger partial charge on any atom is 0.329 e. The number of carbonyl (C=O) groups is 5. The van der Waals surface area contributed by atoms with E-state index in [1.165, 1.54) is 0 Å². The van der Waals surface area contributed by atoms with Crippen molar-refractivity contribution in [3.8, 4) is 0 Å². The predicted molar refractivity (Wildman–Crippen MR) is 105 cm³/mol. The van der Waals surface area contributed by atoms with Crippen molar-refractivity contribution in [3.63, 3.8) is 0 Å². The summed E-state index contributed by atoms with van der Waals surface area (Å²) in [7, 11) is 3.01. The summed E-state index contributed by atoms with van der Waals surface area (Å²) in [5, 5.41) is -1.21. The number of nitrogens with zero attached hydrogens (tertiary/aromatic N) is 1. The lowest BCUT2D eigenvalue weighted by Crippen LogP contribution is -2.48. The number of fused-ring (bicyclic) bond motifs is 1. The molecule has 9 nitrogen and oxygen atoms in total. The van der Waals surface area contributed by atoms with Crippen molar-refractivity contribution in [2.24, 2.45) is 5.92 Å². The minimum Gasteiger partial charge on any atom is -0.468 e. The zero-order valence-electron chi connectivity index (χ0n) is 15.6. The summed E-state index contributed by atoms with van der Waals surface area (Å²) in [5.74, 6) is -6.89. The van der Waals surface area contributed by atoms with Crippen molar-refractivity contribution >= 4 is 76.1 Å². The summed E-state index contributed by atoms with van der Waals surface area (Å²) in [5.41, 5.74) is -0.745. The van der Waals surface area contributed by atoms with Crippen molar-refractivity contribution in [1.29, 1.82) is 0 Å². The number of benzene rings is 1. The van der Waals surface area contributed by atoms with Crippen LogP contribution in [0.2, 0.25) is 20.1 Å². The molecular weight excluding hydrogens is 488 g/mol. The standard InChI is InChI=1S/C17H13Cl4NO8/c1-28-15(25)5(16(26)29-2)4-6(17(27)30-3)22-13(23)7-8(14(22)24)10(19)12(21)11(20)9(7)18/h5-6H,4H2,1-3H3. The Bertz CT molecular complexity index is 901. The maximum absolute atomic E-state index is 13.0. The summed E-state index contributed by atoms with van der Waals surface area (Å²) >= 11 is 24.1. The Kier molecular flexibility index (Phi) is 7.57. The monoisotopic (exact) mass is 499 g/mol. The fourth-order valence-electron chi connectivity index (χ4n) is 2.89. The minimum atomic E-state index is -1.71. The molecule has 13 heteroatoms. The first-order valence-corrected chi connectivity index (χ1v) is 9.51. The highest BCUT2D eigenvalue weighted by molar-refractivity contribution is 6.55. The predicted octanol–water partition coefficient (Wildman–Crippen LogP) is 2.79. The van der Waals surface area contributed by atoms with Crippen LogP contribution in [0.15, 0.2) is 0 Å². The molecule has 2 rings (SSSR count). The Morgan fingerprint density at radius 2 is 1.10 bits per heavy atom. The third kappa shape index (κ3) is 3.94. The van der Waals surface area contributed by atoms with Crippen LogP contribution in [0.25, 0.3) is 0 Å². The van der Waals surface area contributed by atoms with Crippen LogP contribution < -0.4 is 0 Å². The van der Waals surface area contributed by atoms with Crippen molar-refractivity contribution < 1.29 is 38.2 Å². The molecule has 1 heterocycles. The molecule has 0 spiro atoms. The highest BCUT2D eigenvalue weighted by atomic mass is 35.5. The number of hydrogen-bond donors (Lipinski definition) is 0. The Morgan fingerprint density at radius 1 is 0.733 bits per heavy atom. The van der Waals surface area contributed by atoms with Crippen LogP contribution in [-0.2, 0) is 28.6 Å². The highest BCUT2D eigenvalue weighted by Gasteiger charge is 2.49. The number of esters is 3. The van der Waals surface area contributed by atoms with Gasteiger partial charge in [-0.15, -0.1) is 0 Å². The van der Waals surface area contributed by atoms with Crippen LogP contribution in [0.5, 0.6) is 0 Å². The lowest BCUT2D eigenvalue weighted by Gasteiger charge is -2.26. The van der Waals surface area contributed by atoms with Crippen molar-refractivity contribution in [3.05, 3.63) is 31.2 Å². The van der Waals surface area contributed by atoms with Crippen LogP contribution >= 0.6 is 46.4 Å². The van der Waals surface area contributed by atoms with Gasteiger partial charge in [0.05, 0.1) is 52.5 Å². The van der Waals surface area contributed by atoms with Crippen LogP contribution in [0, 0.1) is 5.92 Å². The SMILES string of the molecule is COC(=O)C(CC(C(=O)OC)N1C(=O)c2c(Cl)c(Cl)c(Cl)c(Cl)c2C1=O)C(=O)OC. The number of halogens is 4. The van der Waals surface area contributed by atoms with E-state index in [9.17, 15) is 24.0 Å². The normalized spacial score (nSPS) is 13.9. The molecule has 30 heavy (non-hydrogen) atoms. The van der Waals surface area contributed by atoms with E-state index in [-0.39, 0.29) is 31.2 Å². The van der Waals surface area contributed by atoms with Gasteiger partial charge in [0.1, 0.15) is 6.04 Å². The summed E-state index contributed by atoms with van der Waals surface area (Å²) in [6, 6.07) is -1.71. The molecule has 1 aliphatic heterocycles. The number of rotatable bonds is 6. The first-order chi connectivity index (χ1) is 14.0. The second kappa shape index (κ2) is 9.38. The third-order valence-electron chi connectivity index (χ3n) is 4.35. The van der Waals surface area contributed by atoms with Crippen molar-refractivity contribution in [2.75, 3.05) is 21.3 Å². The van der Waals surface area contributed by atoms with Gasteiger partial charge in [0.2, 0.25) is 0 Å². The van der Waals surface area contributed by atoms with Crippen molar-refractivity contribution in [2.45, 2.75) is 12.5 Å². The van der Waals surface area contributed by atoms with Gasteiger partial charge >= 0.3 is 17.9 Å². The van der Waals surface area contributed by atoms with Gasteiger partial charge in [-0.3, -0.25) is 24.1 Å². The average Bonchev–Trinajstić information content (AvgIpc) is 3.00. The van der Waals surface area contributed by atoms with E-state index >= 15 is 0 Å². The van der Waals surface area contributed by atoms with E-state index in [1.807, 2.05) is 0 Å². The Labute approximate surface area is 190 Å². The van der Waals surface area contributed by atoms with Crippen LogP contribution in [0.1, 0.15) is 27.1 Å². The minimum absolute atomic E-state index is 0.262. The fraction of sp³-hybridized carbons (Fsp3) is 0.353. The highest BCUT2D eigenvalue weighted by Crippen LogP contribution is 2.45. The molecule has 0 N–H and O–H groups in total. The molecule has 162 valence electrons. The number of hydrogen-bond acceptors (Lipinski definition) is 8. The Hall–Kier alpha value is -2.07. The first-order valence-electron chi connectivity index (χ1n) is 8.00. The number of methoxy groups -OCH3 is 3. The summed E-state index contributed by atoms with van der Waals surface area (Å²) in [6.07, 6.45) is -0.672. The number of ether oxygens (including phenoxy) is 3. The number of amides is 2. The van der Waals surface area contributed by atoms with Gasteiger partial charge in [0.25, 0.3) is 11.8 Å². The molecule has 0 fully saturated rings. The summed E-state index contributed by atoms with van der Waals surface area (Å²) in [4.78, 5) is 62.9. The first kappa shape index (κ1) is 24.2. The zero-order valence-corrected chi connectivity index (χ0v) is 18.6. The molecule has 0 aliphatic carbocycles. The van der Waals surface area contributed by atoms with E-state index in [1.54, 1.807) is 0 Å². The molecule has 0 radical (unpaired) electrons. The fourth-order valence-corrected chi connectivity index (χ4v) is 3.90. The molecule has 0 aromatic heterocycles. The molecule has 1 atom stereocenters. The van der Waals surface area contributed by atoms with Crippen molar-refractivity contribution in [1.82, 2.24) is 4.90 Å². The molecule has 2 amide bonds. The lowest BCUT2D eigenvalue weighted by molar-refractivity contribution is -0.160. The maximum atomic E-state index is 13.0. The second-order valence-corrected chi connectivity index (χ2v) is 7.37. The average molecular weight is 501 g/mol. The molecule has 1 aromatic carbocycles. The molecule has 0 saturated heterocycles. The van der Waals surface area contributed by atoms with E-state index in [2.05, 4.69) is 14.2 Å². The Balaban J connectivity index is 2.60. The van der Waals surface area contributed by atoms with Crippen LogP contribution in [0.4, 0.5) is 0 Å². The van der Waals surface area contributed by atoms with E-state index in [0.717, 1.165) is 21.3 Å². The van der Waals surface area contributed by atoms with Gasteiger partial charge in [-0.2, -0.15) is 0 Å². The molecule has 1 unspecified atom stereocenters. The van der Waals surface area contributed by atoms with E-state index < -0.39 is 48.1 Å². The van der Waals surface area contributed by atoms with E-state index in [4.69, 9.17) is 46.4 Å². The summed E-state index contributed by atoms with van der Waals surface area (Å²) in [6.45, 7) is 0. The number of carbonyl (C=O) groups excluding carboxylic acids is 5. The topological polar surface area (TPSA) is 116 Å². The van der Waals surface area contributed by atoms with Gasteiger partial charge in [0, 0.05) is 6.42 Å². The molecule has 0 saturated carbocycles. The Morgan fingerprint density at radius 3 is 1.43 bits per heavy atom. The zero-order chi connectivity index (χ0) is 22.9. The van der Waals surface area contributed by atoms with Gasteiger partial charge in [-0.05, 0) is 0 Å². The second-order valence-electron chi connectivity index (χ2n) is 5.86. The van der Waals surface area contributed by atoms with Gasteiger partial charge in [-0.1, -0.05) is 46.4 Å². The quantitative estimate of drug-likeness (QED) is 0.146. The smallest absolute Gasteiger partial charge is 0.329 e. The molecule has 0 bridgehead atoms. The molecule has 1 aliphatic rings. The molecular formula is C17H13Cl4NO8. The van der Waals surface area contributed by atoms with E-state index in [0.29, 0.717) is 4.90 Å². The third-order valence-corrected chi connectivity index (χ3v) is 6.15. The largest absolute Gasteiger partial charge is 0.468 e. The van der Waals surface area contributed by atoms with Gasteiger partial charge in [0.15, 0.2) is 5.92 Å².